The summed E-state index contributed by atoms with van der Waals surface area (Å²) in [6, 6.07) is 6.36. The van der Waals surface area contributed by atoms with Crippen molar-refractivity contribution in [2.45, 2.75) is 25.8 Å². The Kier molecular flexibility index (Phi) is 2.46. The van der Waals surface area contributed by atoms with Gasteiger partial charge in [0.2, 0.25) is 0 Å². The molecule has 0 aromatic heterocycles. The second kappa shape index (κ2) is 3.62. The first-order chi connectivity index (χ1) is 6.72. The summed E-state index contributed by atoms with van der Waals surface area (Å²) >= 11 is 0. The van der Waals surface area contributed by atoms with Crippen LogP contribution in [0.25, 0.3) is 0 Å². The van der Waals surface area contributed by atoms with E-state index in [0.717, 1.165) is 5.75 Å². The van der Waals surface area contributed by atoms with Gasteiger partial charge in [-0.25, -0.2) is 0 Å². The Balaban J connectivity index is 2.24. The highest BCUT2D eigenvalue weighted by atomic mass is 16.5. The van der Waals surface area contributed by atoms with Gasteiger partial charge in [0.25, 0.3) is 0 Å². The van der Waals surface area contributed by atoms with Gasteiger partial charge in [-0.1, -0.05) is 6.07 Å². The molecule has 0 unspecified atom stereocenters. The molecule has 1 aliphatic carbocycles. The second-order valence-electron chi connectivity index (χ2n) is 4.09. The van der Waals surface area contributed by atoms with Gasteiger partial charge < -0.3 is 10.5 Å². The second-order valence-corrected chi connectivity index (χ2v) is 4.09. The van der Waals surface area contributed by atoms with E-state index >= 15 is 0 Å². The van der Waals surface area contributed by atoms with Gasteiger partial charge in [-0.15, -0.1) is 0 Å². The maximum absolute atomic E-state index is 6.15. The van der Waals surface area contributed by atoms with Crippen LogP contribution in [0.3, 0.4) is 0 Å². The third-order valence-electron chi connectivity index (χ3n) is 2.97. The van der Waals surface area contributed by atoms with Crippen LogP contribution in [0.5, 0.6) is 5.75 Å². The molecule has 0 saturated heterocycles. The van der Waals surface area contributed by atoms with Crippen LogP contribution in [0.4, 0.5) is 0 Å². The largest absolute Gasteiger partial charge is 0.497 e. The number of methoxy groups -OCH3 is 1. The number of benzene rings is 1. The minimum Gasteiger partial charge on any atom is -0.497 e. The molecular formula is C12H17NO. The summed E-state index contributed by atoms with van der Waals surface area (Å²) in [5.41, 5.74) is 8.66. The van der Waals surface area contributed by atoms with Crippen LogP contribution in [-0.2, 0) is 0 Å². The van der Waals surface area contributed by atoms with Gasteiger partial charge in [0.1, 0.15) is 5.75 Å². The van der Waals surface area contributed by atoms with Crippen LogP contribution in [0, 0.1) is 12.8 Å². The molecule has 2 N–H and O–H groups in total. The Morgan fingerprint density at radius 2 is 2.14 bits per heavy atom. The molecule has 0 spiro atoms. The summed E-state index contributed by atoms with van der Waals surface area (Å²) in [4.78, 5) is 0. The van der Waals surface area contributed by atoms with Crippen molar-refractivity contribution in [2.24, 2.45) is 11.7 Å². The Morgan fingerprint density at radius 3 is 2.64 bits per heavy atom. The Labute approximate surface area is 85.1 Å². The summed E-state index contributed by atoms with van der Waals surface area (Å²) in [5.74, 6) is 1.62. The highest BCUT2D eigenvalue weighted by Gasteiger charge is 2.30. The molecular weight excluding hydrogens is 174 g/mol. The fourth-order valence-corrected chi connectivity index (χ4v) is 1.86. The zero-order valence-electron chi connectivity index (χ0n) is 8.79. The molecule has 0 aliphatic heterocycles. The zero-order valence-corrected chi connectivity index (χ0v) is 8.79. The van der Waals surface area contributed by atoms with E-state index in [1.165, 1.54) is 24.0 Å². The molecule has 2 heteroatoms. The zero-order chi connectivity index (χ0) is 10.1. The smallest absolute Gasteiger partial charge is 0.119 e. The number of aryl methyl sites for hydroxylation is 1. The average Bonchev–Trinajstić information content (AvgIpc) is 3.00. The van der Waals surface area contributed by atoms with Crippen molar-refractivity contribution in [3.8, 4) is 5.75 Å². The quantitative estimate of drug-likeness (QED) is 0.796. The minimum absolute atomic E-state index is 0.223. The summed E-state index contributed by atoms with van der Waals surface area (Å²) in [6.45, 7) is 2.10. The molecule has 14 heavy (non-hydrogen) atoms. The van der Waals surface area contributed by atoms with Crippen molar-refractivity contribution < 1.29 is 4.74 Å². The molecule has 0 heterocycles. The molecule has 76 valence electrons. The molecule has 1 aliphatic rings. The van der Waals surface area contributed by atoms with Crippen molar-refractivity contribution in [3.05, 3.63) is 29.3 Å². The van der Waals surface area contributed by atoms with E-state index in [1.54, 1.807) is 7.11 Å². The Hall–Kier alpha value is -1.02. The maximum atomic E-state index is 6.15. The van der Waals surface area contributed by atoms with E-state index < -0.39 is 0 Å². The number of nitrogens with two attached hydrogens (primary N) is 1. The van der Waals surface area contributed by atoms with Crippen molar-refractivity contribution in [3.63, 3.8) is 0 Å². The van der Waals surface area contributed by atoms with Crippen LogP contribution >= 0.6 is 0 Å². The maximum Gasteiger partial charge on any atom is 0.119 e. The molecule has 1 atom stereocenters. The fraction of sp³-hybridized carbons (Fsp3) is 0.500. The number of hydrogen-bond acceptors (Lipinski definition) is 2. The molecule has 1 aromatic rings. The highest BCUT2D eigenvalue weighted by molar-refractivity contribution is 5.37. The first-order valence-electron chi connectivity index (χ1n) is 5.12. The van der Waals surface area contributed by atoms with Crippen LogP contribution in [0.2, 0.25) is 0 Å². The van der Waals surface area contributed by atoms with Gasteiger partial charge in [-0.3, -0.25) is 0 Å². The average molecular weight is 191 g/mol. The minimum atomic E-state index is 0.223. The lowest BCUT2D eigenvalue weighted by molar-refractivity contribution is 0.414. The molecule has 1 fully saturated rings. The summed E-state index contributed by atoms with van der Waals surface area (Å²) in [5, 5.41) is 0. The monoisotopic (exact) mass is 191 g/mol. The normalized spacial score (nSPS) is 17.9. The van der Waals surface area contributed by atoms with E-state index in [0.29, 0.717) is 5.92 Å². The van der Waals surface area contributed by atoms with Crippen LogP contribution in [-0.4, -0.2) is 7.11 Å². The van der Waals surface area contributed by atoms with Gasteiger partial charge in [-0.2, -0.15) is 0 Å². The highest BCUT2D eigenvalue weighted by Crippen LogP contribution is 2.40. The number of ether oxygens (including phenoxy) is 1. The lowest BCUT2D eigenvalue weighted by Gasteiger charge is -2.14. The molecule has 0 amide bonds. The lowest BCUT2D eigenvalue weighted by atomic mass is 9.98. The third kappa shape index (κ3) is 1.75. The van der Waals surface area contributed by atoms with Gasteiger partial charge in [-0.05, 0) is 48.9 Å². The van der Waals surface area contributed by atoms with E-state index in [1.807, 2.05) is 6.07 Å². The topological polar surface area (TPSA) is 35.2 Å². The Bertz CT molecular complexity index is 331. The van der Waals surface area contributed by atoms with Gasteiger partial charge in [0, 0.05) is 6.04 Å². The summed E-state index contributed by atoms with van der Waals surface area (Å²) in [6.07, 6.45) is 2.57. The van der Waals surface area contributed by atoms with E-state index in [4.69, 9.17) is 10.5 Å². The number of hydrogen-bond donors (Lipinski definition) is 1. The standard InChI is InChI=1S/C12H17NO/c1-8-7-10(14-2)5-6-11(8)12(13)9-3-4-9/h5-7,9,12H,3-4,13H2,1-2H3/t12-/m0/s1. The van der Waals surface area contributed by atoms with E-state index in [2.05, 4.69) is 19.1 Å². The molecule has 2 nitrogen and oxygen atoms in total. The molecule has 0 radical (unpaired) electrons. The van der Waals surface area contributed by atoms with Crippen LogP contribution < -0.4 is 10.5 Å². The SMILES string of the molecule is COc1ccc([C@@H](N)C2CC2)c(C)c1. The van der Waals surface area contributed by atoms with Crippen LogP contribution in [0.1, 0.15) is 30.0 Å². The van der Waals surface area contributed by atoms with Crippen molar-refractivity contribution >= 4 is 0 Å². The van der Waals surface area contributed by atoms with Crippen molar-refractivity contribution in [1.29, 1.82) is 0 Å². The summed E-state index contributed by atoms with van der Waals surface area (Å²) < 4.78 is 5.17. The number of rotatable bonds is 3. The summed E-state index contributed by atoms with van der Waals surface area (Å²) in [7, 11) is 1.69. The molecule has 1 saturated carbocycles. The third-order valence-corrected chi connectivity index (χ3v) is 2.97. The first kappa shape index (κ1) is 9.53. The molecule has 0 bridgehead atoms. The van der Waals surface area contributed by atoms with Gasteiger partial charge >= 0.3 is 0 Å². The Morgan fingerprint density at radius 1 is 1.43 bits per heavy atom. The fourth-order valence-electron chi connectivity index (χ4n) is 1.86. The predicted octanol–water partition coefficient (Wildman–Crippen LogP) is 2.41. The first-order valence-corrected chi connectivity index (χ1v) is 5.12. The van der Waals surface area contributed by atoms with E-state index in [-0.39, 0.29) is 6.04 Å². The van der Waals surface area contributed by atoms with Crippen LogP contribution in [0.15, 0.2) is 18.2 Å². The van der Waals surface area contributed by atoms with Crippen molar-refractivity contribution in [2.75, 3.05) is 7.11 Å². The van der Waals surface area contributed by atoms with E-state index in [9.17, 15) is 0 Å². The molecule has 2 rings (SSSR count). The lowest BCUT2D eigenvalue weighted by Crippen LogP contribution is -2.13. The van der Waals surface area contributed by atoms with Gasteiger partial charge in [0.05, 0.1) is 7.11 Å². The van der Waals surface area contributed by atoms with Gasteiger partial charge in [0.15, 0.2) is 0 Å². The van der Waals surface area contributed by atoms with Crippen molar-refractivity contribution in [1.82, 2.24) is 0 Å². The molecule has 1 aromatic carbocycles. The predicted molar refractivity (Wildman–Crippen MR) is 57.4 cm³/mol.